The first-order chi connectivity index (χ1) is 10.9. The van der Waals surface area contributed by atoms with Crippen molar-refractivity contribution in [3.05, 3.63) is 59.4 Å². The van der Waals surface area contributed by atoms with Crippen molar-refractivity contribution in [3.8, 4) is 5.75 Å². The quantitative estimate of drug-likeness (QED) is 0.855. The zero-order chi connectivity index (χ0) is 17.0. The third-order valence-electron chi connectivity index (χ3n) is 3.38. The molecule has 0 fully saturated rings. The van der Waals surface area contributed by atoms with E-state index in [9.17, 15) is 14.0 Å². The topological polar surface area (TPSA) is 55.4 Å². The molecule has 0 spiro atoms. The van der Waals surface area contributed by atoms with Crippen molar-refractivity contribution in [2.24, 2.45) is 0 Å². The molecule has 0 bridgehead atoms. The van der Waals surface area contributed by atoms with E-state index >= 15 is 0 Å². The largest absolute Gasteiger partial charge is 0.481 e. The number of Topliss-reactive ketones (excluding diaryl/α,β-unsaturated/α-hetero) is 1. The number of ketones is 1. The molecular formula is C18H18FNO3. The smallest absolute Gasteiger partial charge is 0.265 e. The summed E-state index contributed by atoms with van der Waals surface area (Å²) in [6.07, 6.45) is -0.792. The molecule has 120 valence electrons. The maximum Gasteiger partial charge on any atom is 0.265 e. The van der Waals surface area contributed by atoms with Crippen LogP contribution in [0.5, 0.6) is 5.75 Å². The van der Waals surface area contributed by atoms with Crippen molar-refractivity contribution < 1.29 is 18.7 Å². The third-order valence-corrected chi connectivity index (χ3v) is 3.38. The first-order valence-corrected chi connectivity index (χ1v) is 7.21. The van der Waals surface area contributed by atoms with Gasteiger partial charge in [-0.15, -0.1) is 0 Å². The van der Waals surface area contributed by atoms with Gasteiger partial charge in [-0.2, -0.15) is 0 Å². The van der Waals surface area contributed by atoms with Crippen LogP contribution in [-0.4, -0.2) is 17.8 Å². The average Bonchev–Trinajstić information content (AvgIpc) is 2.51. The standard InChI is InChI=1S/C18H18FNO3/c1-11-7-8-15(19)10-17(11)20-18(22)13(3)23-16-6-4-5-14(9-16)12(2)21/h4-10,13H,1-3H3,(H,20,22). The Hall–Kier alpha value is -2.69. The van der Waals surface area contributed by atoms with E-state index < -0.39 is 17.8 Å². The van der Waals surface area contributed by atoms with Gasteiger partial charge in [-0.25, -0.2) is 4.39 Å². The minimum Gasteiger partial charge on any atom is -0.481 e. The van der Waals surface area contributed by atoms with E-state index in [-0.39, 0.29) is 5.78 Å². The summed E-state index contributed by atoms with van der Waals surface area (Å²) in [7, 11) is 0. The van der Waals surface area contributed by atoms with E-state index in [4.69, 9.17) is 4.74 Å². The van der Waals surface area contributed by atoms with Crippen LogP contribution in [0, 0.1) is 12.7 Å². The predicted molar refractivity (Wildman–Crippen MR) is 86.3 cm³/mol. The van der Waals surface area contributed by atoms with Crippen LogP contribution in [0.25, 0.3) is 0 Å². The number of rotatable bonds is 5. The van der Waals surface area contributed by atoms with Gasteiger partial charge in [0.05, 0.1) is 0 Å². The highest BCUT2D eigenvalue weighted by molar-refractivity contribution is 5.95. The summed E-state index contributed by atoms with van der Waals surface area (Å²) < 4.78 is 18.8. The Labute approximate surface area is 134 Å². The Morgan fingerprint density at radius 1 is 1.17 bits per heavy atom. The lowest BCUT2D eigenvalue weighted by atomic mass is 10.1. The number of carbonyl (C=O) groups excluding carboxylic acids is 2. The molecule has 0 aromatic heterocycles. The number of aryl methyl sites for hydroxylation is 1. The van der Waals surface area contributed by atoms with Gasteiger partial charge in [-0.3, -0.25) is 9.59 Å². The summed E-state index contributed by atoms with van der Waals surface area (Å²) in [5.74, 6) is -0.472. The molecule has 1 amide bonds. The lowest BCUT2D eigenvalue weighted by Gasteiger charge is -2.16. The maximum absolute atomic E-state index is 13.3. The highest BCUT2D eigenvalue weighted by Crippen LogP contribution is 2.18. The second-order valence-electron chi connectivity index (χ2n) is 5.29. The van der Waals surface area contributed by atoms with Gasteiger partial charge in [0, 0.05) is 11.3 Å². The van der Waals surface area contributed by atoms with Crippen molar-refractivity contribution in [2.75, 3.05) is 5.32 Å². The summed E-state index contributed by atoms with van der Waals surface area (Å²) in [6.45, 7) is 4.82. The second kappa shape index (κ2) is 7.05. The first kappa shape index (κ1) is 16.7. The zero-order valence-electron chi connectivity index (χ0n) is 13.2. The van der Waals surface area contributed by atoms with Gasteiger partial charge < -0.3 is 10.1 Å². The number of hydrogen-bond donors (Lipinski definition) is 1. The lowest BCUT2D eigenvalue weighted by molar-refractivity contribution is -0.122. The van der Waals surface area contributed by atoms with Crippen LogP contribution in [0.3, 0.4) is 0 Å². The van der Waals surface area contributed by atoms with Gasteiger partial charge in [-0.1, -0.05) is 18.2 Å². The maximum atomic E-state index is 13.3. The lowest BCUT2D eigenvalue weighted by Crippen LogP contribution is -2.30. The normalized spacial score (nSPS) is 11.7. The van der Waals surface area contributed by atoms with E-state index in [0.717, 1.165) is 5.56 Å². The minimum absolute atomic E-state index is 0.0806. The third kappa shape index (κ3) is 4.39. The number of amides is 1. The van der Waals surface area contributed by atoms with E-state index in [0.29, 0.717) is 17.0 Å². The molecule has 0 radical (unpaired) electrons. The molecular weight excluding hydrogens is 297 g/mol. The molecule has 5 heteroatoms. The average molecular weight is 315 g/mol. The Balaban J connectivity index is 2.07. The number of benzene rings is 2. The minimum atomic E-state index is -0.792. The van der Waals surface area contributed by atoms with E-state index in [1.807, 2.05) is 0 Å². The van der Waals surface area contributed by atoms with Crippen LogP contribution >= 0.6 is 0 Å². The van der Waals surface area contributed by atoms with Crippen molar-refractivity contribution in [1.29, 1.82) is 0 Å². The Morgan fingerprint density at radius 2 is 1.91 bits per heavy atom. The summed E-state index contributed by atoms with van der Waals surface area (Å²) in [4.78, 5) is 23.5. The van der Waals surface area contributed by atoms with E-state index in [1.54, 1.807) is 44.2 Å². The number of ether oxygens (including phenoxy) is 1. The molecule has 1 atom stereocenters. The zero-order valence-corrected chi connectivity index (χ0v) is 13.2. The molecule has 2 aromatic rings. The van der Waals surface area contributed by atoms with Crippen LogP contribution in [0.15, 0.2) is 42.5 Å². The van der Waals surface area contributed by atoms with E-state index in [2.05, 4.69) is 5.32 Å². The number of hydrogen-bond acceptors (Lipinski definition) is 3. The number of halogens is 1. The molecule has 1 unspecified atom stereocenters. The molecule has 0 aliphatic rings. The molecule has 1 N–H and O–H groups in total. The molecule has 4 nitrogen and oxygen atoms in total. The SMILES string of the molecule is CC(=O)c1cccc(OC(C)C(=O)Nc2cc(F)ccc2C)c1. The Kier molecular flexibility index (Phi) is 5.11. The first-order valence-electron chi connectivity index (χ1n) is 7.21. The summed E-state index contributed by atoms with van der Waals surface area (Å²) in [5.41, 5.74) is 1.67. The molecule has 2 rings (SSSR count). The monoisotopic (exact) mass is 315 g/mol. The van der Waals surface area contributed by atoms with Crippen molar-refractivity contribution in [3.63, 3.8) is 0 Å². The number of nitrogens with one attached hydrogen (secondary N) is 1. The fourth-order valence-corrected chi connectivity index (χ4v) is 2.01. The summed E-state index contributed by atoms with van der Waals surface area (Å²) in [5, 5.41) is 2.64. The van der Waals surface area contributed by atoms with Gasteiger partial charge in [0.25, 0.3) is 5.91 Å². The molecule has 0 heterocycles. The highest BCUT2D eigenvalue weighted by atomic mass is 19.1. The summed E-state index contributed by atoms with van der Waals surface area (Å²) in [6, 6.07) is 10.8. The predicted octanol–water partition coefficient (Wildman–Crippen LogP) is 3.74. The van der Waals surface area contributed by atoms with Gasteiger partial charge in [-0.05, 0) is 50.6 Å². The number of anilines is 1. The van der Waals surface area contributed by atoms with Crippen LogP contribution in [-0.2, 0) is 4.79 Å². The molecule has 0 aliphatic heterocycles. The van der Waals surface area contributed by atoms with Crippen LogP contribution < -0.4 is 10.1 Å². The molecule has 0 saturated carbocycles. The van der Waals surface area contributed by atoms with Gasteiger partial charge >= 0.3 is 0 Å². The van der Waals surface area contributed by atoms with E-state index in [1.165, 1.54) is 19.1 Å². The van der Waals surface area contributed by atoms with Crippen LogP contribution in [0.2, 0.25) is 0 Å². The fourth-order valence-electron chi connectivity index (χ4n) is 2.01. The number of carbonyl (C=O) groups is 2. The van der Waals surface area contributed by atoms with Crippen molar-refractivity contribution in [2.45, 2.75) is 26.9 Å². The highest BCUT2D eigenvalue weighted by Gasteiger charge is 2.16. The van der Waals surface area contributed by atoms with Gasteiger partial charge in [0.1, 0.15) is 11.6 Å². The van der Waals surface area contributed by atoms with Crippen molar-refractivity contribution >= 4 is 17.4 Å². The van der Waals surface area contributed by atoms with Crippen LogP contribution in [0.4, 0.5) is 10.1 Å². The summed E-state index contributed by atoms with van der Waals surface area (Å²) >= 11 is 0. The molecule has 0 aliphatic carbocycles. The molecule has 2 aromatic carbocycles. The van der Waals surface area contributed by atoms with Gasteiger partial charge in [0.15, 0.2) is 11.9 Å². The fraction of sp³-hybridized carbons (Fsp3) is 0.222. The molecule has 0 saturated heterocycles. The van der Waals surface area contributed by atoms with Crippen molar-refractivity contribution in [1.82, 2.24) is 0 Å². The Morgan fingerprint density at radius 3 is 2.61 bits per heavy atom. The van der Waals surface area contributed by atoms with Crippen LogP contribution in [0.1, 0.15) is 29.8 Å². The molecule has 23 heavy (non-hydrogen) atoms. The Bertz CT molecular complexity index is 743. The van der Waals surface area contributed by atoms with Gasteiger partial charge in [0.2, 0.25) is 0 Å². The second-order valence-corrected chi connectivity index (χ2v) is 5.29.